The van der Waals surface area contributed by atoms with Gasteiger partial charge in [-0.05, 0) is 37.1 Å². The van der Waals surface area contributed by atoms with Crippen LogP contribution in [0.15, 0.2) is 24.3 Å². The highest BCUT2D eigenvalue weighted by atomic mass is 19.1. The van der Waals surface area contributed by atoms with Gasteiger partial charge in [0.15, 0.2) is 5.78 Å². The molecule has 1 aliphatic rings. The Kier molecular flexibility index (Phi) is 5.44. The van der Waals surface area contributed by atoms with Gasteiger partial charge in [0.2, 0.25) is 5.91 Å². The lowest BCUT2D eigenvalue weighted by atomic mass is 10.00. The summed E-state index contributed by atoms with van der Waals surface area (Å²) in [5.41, 5.74) is 0.801. The summed E-state index contributed by atoms with van der Waals surface area (Å²) in [5, 5.41) is 2.66. The number of Topliss-reactive ketones (excluding diaryl/α,β-unsaturated/α-hetero) is 1. The van der Waals surface area contributed by atoms with Crippen molar-refractivity contribution in [3.63, 3.8) is 0 Å². The van der Waals surface area contributed by atoms with Gasteiger partial charge in [-0.1, -0.05) is 18.6 Å². The fourth-order valence-electron chi connectivity index (χ4n) is 2.76. The first kappa shape index (κ1) is 15.6. The summed E-state index contributed by atoms with van der Waals surface area (Å²) in [7, 11) is 1.62. The molecule has 1 aliphatic heterocycles. The van der Waals surface area contributed by atoms with E-state index in [0.717, 1.165) is 31.4 Å². The van der Waals surface area contributed by atoms with Gasteiger partial charge in [0.1, 0.15) is 5.82 Å². The molecule has 1 saturated heterocycles. The second-order valence-electron chi connectivity index (χ2n) is 5.44. The SMILES string of the molecule is CNC(=O)C1CCCCN1CC(=O)Cc1ccc(F)cc1. The number of carbonyl (C=O) groups excluding carboxylic acids is 2. The van der Waals surface area contributed by atoms with Crippen molar-refractivity contribution in [1.29, 1.82) is 0 Å². The monoisotopic (exact) mass is 292 g/mol. The quantitative estimate of drug-likeness (QED) is 0.895. The van der Waals surface area contributed by atoms with Gasteiger partial charge in [-0.15, -0.1) is 0 Å². The van der Waals surface area contributed by atoms with Crippen molar-refractivity contribution in [2.75, 3.05) is 20.1 Å². The second kappa shape index (κ2) is 7.31. The number of piperidine rings is 1. The number of carbonyl (C=O) groups is 2. The molecule has 0 aromatic heterocycles. The third-order valence-electron chi connectivity index (χ3n) is 3.86. The first-order chi connectivity index (χ1) is 10.1. The number of amides is 1. The predicted octanol–water partition coefficient (Wildman–Crippen LogP) is 1.54. The molecule has 2 rings (SSSR count). The molecule has 0 bridgehead atoms. The molecule has 1 atom stereocenters. The van der Waals surface area contributed by atoms with E-state index in [1.807, 2.05) is 4.90 Å². The number of nitrogens with zero attached hydrogens (tertiary/aromatic N) is 1. The Hall–Kier alpha value is -1.75. The fourth-order valence-corrected chi connectivity index (χ4v) is 2.76. The molecule has 0 spiro atoms. The molecule has 1 unspecified atom stereocenters. The lowest BCUT2D eigenvalue weighted by Crippen LogP contribution is -2.50. The van der Waals surface area contributed by atoms with Crippen LogP contribution in [0.4, 0.5) is 4.39 Å². The predicted molar refractivity (Wildman–Crippen MR) is 78.4 cm³/mol. The molecule has 1 N–H and O–H groups in total. The zero-order valence-corrected chi connectivity index (χ0v) is 12.3. The lowest BCUT2D eigenvalue weighted by molar-refractivity contribution is -0.129. The van der Waals surface area contributed by atoms with Gasteiger partial charge in [-0.25, -0.2) is 4.39 Å². The highest BCUT2D eigenvalue weighted by Gasteiger charge is 2.29. The normalized spacial score (nSPS) is 19.2. The van der Waals surface area contributed by atoms with E-state index in [1.54, 1.807) is 19.2 Å². The molecule has 0 radical (unpaired) electrons. The van der Waals surface area contributed by atoms with E-state index >= 15 is 0 Å². The summed E-state index contributed by atoms with van der Waals surface area (Å²) in [4.78, 5) is 26.0. The summed E-state index contributed by atoms with van der Waals surface area (Å²) in [6, 6.07) is 5.76. The summed E-state index contributed by atoms with van der Waals surface area (Å²) < 4.78 is 12.8. The second-order valence-corrected chi connectivity index (χ2v) is 5.44. The Labute approximate surface area is 124 Å². The molecule has 1 fully saturated rings. The zero-order valence-electron chi connectivity index (χ0n) is 12.3. The first-order valence-electron chi connectivity index (χ1n) is 7.32. The highest BCUT2D eigenvalue weighted by molar-refractivity contribution is 5.85. The molecule has 0 aliphatic carbocycles. The van der Waals surface area contributed by atoms with E-state index in [0.29, 0.717) is 0 Å². The molecular weight excluding hydrogens is 271 g/mol. The molecule has 1 heterocycles. The minimum Gasteiger partial charge on any atom is -0.358 e. The minimum absolute atomic E-state index is 0.0238. The molecule has 1 aromatic rings. The summed E-state index contributed by atoms with van der Waals surface area (Å²) in [6.45, 7) is 1.04. The van der Waals surface area contributed by atoms with Crippen molar-refractivity contribution in [2.45, 2.75) is 31.7 Å². The van der Waals surface area contributed by atoms with Gasteiger partial charge in [-0.3, -0.25) is 14.5 Å². The Morgan fingerprint density at radius 2 is 2.00 bits per heavy atom. The zero-order chi connectivity index (χ0) is 15.2. The summed E-state index contributed by atoms with van der Waals surface area (Å²) in [5.74, 6) is -0.274. The number of nitrogens with one attached hydrogen (secondary N) is 1. The van der Waals surface area contributed by atoms with Gasteiger partial charge in [0, 0.05) is 13.5 Å². The van der Waals surface area contributed by atoms with Gasteiger partial charge < -0.3 is 5.32 Å². The van der Waals surface area contributed by atoms with E-state index in [9.17, 15) is 14.0 Å². The third-order valence-corrected chi connectivity index (χ3v) is 3.86. The molecule has 4 nitrogen and oxygen atoms in total. The van der Waals surface area contributed by atoms with Crippen LogP contribution in [0.3, 0.4) is 0 Å². The van der Waals surface area contributed by atoms with Crippen LogP contribution >= 0.6 is 0 Å². The summed E-state index contributed by atoms with van der Waals surface area (Å²) >= 11 is 0. The Bertz CT molecular complexity index is 502. The highest BCUT2D eigenvalue weighted by Crippen LogP contribution is 2.17. The number of hydrogen-bond acceptors (Lipinski definition) is 3. The van der Waals surface area contributed by atoms with Crippen molar-refractivity contribution in [2.24, 2.45) is 0 Å². The average molecular weight is 292 g/mol. The number of rotatable bonds is 5. The van der Waals surface area contributed by atoms with Crippen molar-refractivity contribution >= 4 is 11.7 Å². The van der Waals surface area contributed by atoms with Crippen LogP contribution < -0.4 is 5.32 Å². The molecule has 1 amide bonds. The van der Waals surface area contributed by atoms with Crippen molar-refractivity contribution in [3.05, 3.63) is 35.6 Å². The molecular formula is C16H21FN2O2. The minimum atomic E-state index is -0.304. The Morgan fingerprint density at radius 3 is 2.67 bits per heavy atom. The standard InChI is InChI=1S/C16H21FN2O2/c1-18-16(21)15-4-2-3-9-19(15)11-14(20)10-12-5-7-13(17)8-6-12/h5-8,15H,2-4,9-11H2,1H3,(H,18,21). The smallest absolute Gasteiger partial charge is 0.237 e. The average Bonchev–Trinajstić information content (AvgIpc) is 2.49. The fraction of sp³-hybridized carbons (Fsp3) is 0.500. The maximum Gasteiger partial charge on any atom is 0.237 e. The molecule has 21 heavy (non-hydrogen) atoms. The summed E-state index contributed by atoms with van der Waals surface area (Å²) in [6.07, 6.45) is 3.10. The van der Waals surface area contributed by atoms with Crippen LogP contribution in [-0.4, -0.2) is 42.8 Å². The lowest BCUT2D eigenvalue weighted by Gasteiger charge is -2.33. The van der Waals surface area contributed by atoms with E-state index in [2.05, 4.69) is 5.32 Å². The number of halogens is 1. The van der Waals surface area contributed by atoms with Crippen LogP contribution in [0.1, 0.15) is 24.8 Å². The van der Waals surface area contributed by atoms with Gasteiger partial charge >= 0.3 is 0 Å². The Balaban J connectivity index is 1.93. The van der Waals surface area contributed by atoms with Crippen LogP contribution in [0.25, 0.3) is 0 Å². The number of likely N-dealkylation sites (N-methyl/N-ethyl adjacent to an activating group) is 1. The van der Waals surface area contributed by atoms with Gasteiger partial charge in [0.25, 0.3) is 0 Å². The van der Waals surface area contributed by atoms with Crippen LogP contribution in [0, 0.1) is 5.82 Å². The molecule has 5 heteroatoms. The number of likely N-dealkylation sites (tertiary alicyclic amines) is 1. The van der Waals surface area contributed by atoms with Crippen molar-refractivity contribution < 1.29 is 14.0 Å². The molecule has 1 aromatic carbocycles. The van der Waals surface area contributed by atoms with Crippen molar-refractivity contribution in [1.82, 2.24) is 10.2 Å². The molecule has 114 valence electrons. The van der Waals surface area contributed by atoms with Crippen LogP contribution in [0.2, 0.25) is 0 Å². The maximum atomic E-state index is 12.8. The van der Waals surface area contributed by atoms with E-state index < -0.39 is 0 Å². The number of hydrogen-bond donors (Lipinski definition) is 1. The van der Waals surface area contributed by atoms with Crippen LogP contribution in [0.5, 0.6) is 0 Å². The van der Waals surface area contributed by atoms with Gasteiger partial charge in [0.05, 0.1) is 12.6 Å². The third kappa shape index (κ3) is 4.36. The number of ketones is 1. The first-order valence-corrected chi connectivity index (χ1v) is 7.32. The van der Waals surface area contributed by atoms with E-state index in [1.165, 1.54) is 12.1 Å². The van der Waals surface area contributed by atoms with E-state index in [-0.39, 0.29) is 36.5 Å². The van der Waals surface area contributed by atoms with Gasteiger partial charge in [-0.2, -0.15) is 0 Å². The maximum absolute atomic E-state index is 12.8. The topological polar surface area (TPSA) is 49.4 Å². The molecule has 0 saturated carbocycles. The Morgan fingerprint density at radius 1 is 1.29 bits per heavy atom. The van der Waals surface area contributed by atoms with E-state index in [4.69, 9.17) is 0 Å². The van der Waals surface area contributed by atoms with Crippen molar-refractivity contribution in [3.8, 4) is 0 Å². The number of benzene rings is 1. The largest absolute Gasteiger partial charge is 0.358 e. The van der Waals surface area contributed by atoms with Crippen LogP contribution in [-0.2, 0) is 16.0 Å².